The highest BCUT2D eigenvalue weighted by Gasteiger charge is 2.09. The summed E-state index contributed by atoms with van der Waals surface area (Å²) < 4.78 is 2.20. The molecule has 1 rings (SSSR count). The van der Waals surface area contributed by atoms with Crippen molar-refractivity contribution in [1.29, 1.82) is 0 Å². The van der Waals surface area contributed by atoms with Crippen LogP contribution in [0.3, 0.4) is 0 Å². The molecule has 1 atom stereocenters. The average molecular weight is 223 g/mol. The third-order valence-electron chi connectivity index (χ3n) is 2.48. The van der Waals surface area contributed by atoms with E-state index in [4.69, 9.17) is 0 Å². The van der Waals surface area contributed by atoms with Gasteiger partial charge >= 0.3 is 0 Å². The Morgan fingerprint density at radius 2 is 1.88 bits per heavy atom. The number of imidazole rings is 1. The van der Waals surface area contributed by atoms with Crippen molar-refractivity contribution in [2.75, 3.05) is 5.32 Å². The molecule has 0 amide bonds. The van der Waals surface area contributed by atoms with Gasteiger partial charge in [0.2, 0.25) is 5.95 Å². The molecule has 0 spiro atoms. The molecule has 0 aliphatic heterocycles. The van der Waals surface area contributed by atoms with E-state index < -0.39 is 0 Å². The smallest absolute Gasteiger partial charge is 0.202 e. The van der Waals surface area contributed by atoms with Gasteiger partial charge in [0.25, 0.3) is 0 Å². The summed E-state index contributed by atoms with van der Waals surface area (Å²) in [6.45, 7) is 12.2. The molecule has 0 aliphatic carbocycles. The maximum atomic E-state index is 4.37. The van der Waals surface area contributed by atoms with Crippen LogP contribution in [0.5, 0.6) is 0 Å². The van der Waals surface area contributed by atoms with E-state index in [1.54, 1.807) is 0 Å². The lowest BCUT2D eigenvalue weighted by Crippen LogP contribution is -2.20. The lowest BCUT2D eigenvalue weighted by atomic mass is 10.1. The van der Waals surface area contributed by atoms with Crippen LogP contribution in [0.15, 0.2) is 12.4 Å². The minimum absolute atomic E-state index is 0.480. The van der Waals surface area contributed by atoms with Gasteiger partial charge in [-0.3, -0.25) is 0 Å². The lowest BCUT2D eigenvalue weighted by Gasteiger charge is -2.18. The highest BCUT2D eigenvalue weighted by molar-refractivity contribution is 5.27. The van der Waals surface area contributed by atoms with Crippen LogP contribution in [-0.2, 0) is 6.54 Å². The van der Waals surface area contributed by atoms with E-state index in [2.05, 4.69) is 49.5 Å². The first kappa shape index (κ1) is 13.1. The van der Waals surface area contributed by atoms with Crippen molar-refractivity contribution < 1.29 is 0 Å². The van der Waals surface area contributed by atoms with Gasteiger partial charge in [-0.1, -0.05) is 27.7 Å². The summed E-state index contributed by atoms with van der Waals surface area (Å²) in [5.74, 6) is 2.37. The molecular weight excluding hydrogens is 198 g/mol. The quantitative estimate of drug-likeness (QED) is 0.801. The monoisotopic (exact) mass is 223 g/mol. The number of aromatic nitrogens is 2. The van der Waals surface area contributed by atoms with Crippen molar-refractivity contribution in [3.8, 4) is 0 Å². The lowest BCUT2D eigenvalue weighted by molar-refractivity contribution is 0.511. The summed E-state index contributed by atoms with van der Waals surface area (Å²) >= 11 is 0. The summed E-state index contributed by atoms with van der Waals surface area (Å²) in [5, 5.41) is 3.48. The Balaban J connectivity index is 2.56. The molecule has 0 saturated carbocycles. The topological polar surface area (TPSA) is 29.9 Å². The van der Waals surface area contributed by atoms with Gasteiger partial charge in [-0.05, 0) is 25.2 Å². The summed E-state index contributed by atoms with van der Waals surface area (Å²) in [7, 11) is 0. The third-order valence-corrected chi connectivity index (χ3v) is 2.48. The van der Waals surface area contributed by atoms with E-state index in [0.29, 0.717) is 12.0 Å². The molecule has 1 aromatic heterocycles. The van der Waals surface area contributed by atoms with Crippen LogP contribution in [0, 0.1) is 11.8 Å². The predicted octanol–water partition coefficient (Wildman–Crippen LogP) is 3.39. The average Bonchev–Trinajstić information content (AvgIpc) is 2.50. The van der Waals surface area contributed by atoms with Crippen molar-refractivity contribution in [2.45, 2.75) is 53.6 Å². The number of nitrogens with one attached hydrogen (secondary N) is 1. The van der Waals surface area contributed by atoms with Crippen molar-refractivity contribution in [3.05, 3.63) is 12.4 Å². The van der Waals surface area contributed by atoms with E-state index in [-0.39, 0.29) is 0 Å². The maximum Gasteiger partial charge on any atom is 0.202 e. The molecule has 16 heavy (non-hydrogen) atoms. The van der Waals surface area contributed by atoms with Crippen LogP contribution in [0.1, 0.15) is 41.0 Å². The summed E-state index contributed by atoms with van der Waals surface area (Å²) in [4.78, 5) is 4.37. The maximum absolute atomic E-state index is 4.37. The fourth-order valence-electron chi connectivity index (χ4n) is 1.98. The Kier molecular flexibility index (Phi) is 4.84. The zero-order valence-electron chi connectivity index (χ0n) is 11.2. The third kappa shape index (κ3) is 4.25. The number of rotatable bonds is 6. The summed E-state index contributed by atoms with van der Waals surface area (Å²) in [6, 6.07) is 0.480. The fourth-order valence-corrected chi connectivity index (χ4v) is 1.98. The molecule has 0 radical (unpaired) electrons. The van der Waals surface area contributed by atoms with Gasteiger partial charge in [0, 0.05) is 25.0 Å². The molecule has 0 bridgehead atoms. The first-order chi connectivity index (χ1) is 7.49. The molecule has 0 aromatic carbocycles. The second kappa shape index (κ2) is 5.92. The summed E-state index contributed by atoms with van der Waals surface area (Å²) in [6.07, 6.45) is 5.09. The van der Waals surface area contributed by atoms with Gasteiger partial charge in [-0.15, -0.1) is 0 Å². The molecular formula is C13H25N3. The second-order valence-corrected chi connectivity index (χ2v) is 5.47. The molecule has 3 heteroatoms. The van der Waals surface area contributed by atoms with Gasteiger partial charge in [0.15, 0.2) is 0 Å². The van der Waals surface area contributed by atoms with Crippen LogP contribution in [-0.4, -0.2) is 15.6 Å². The molecule has 0 aliphatic rings. The number of hydrogen-bond donors (Lipinski definition) is 1. The van der Waals surface area contributed by atoms with E-state index in [1.165, 1.54) is 6.42 Å². The van der Waals surface area contributed by atoms with E-state index in [1.807, 2.05) is 12.4 Å². The van der Waals surface area contributed by atoms with Crippen LogP contribution in [0.25, 0.3) is 0 Å². The van der Waals surface area contributed by atoms with Crippen LogP contribution >= 0.6 is 0 Å². The number of anilines is 1. The van der Waals surface area contributed by atoms with Crippen LogP contribution in [0.4, 0.5) is 5.95 Å². The molecule has 1 aromatic rings. The van der Waals surface area contributed by atoms with Crippen molar-refractivity contribution >= 4 is 5.95 Å². The molecule has 0 fully saturated rings. The van der Waals surface area contributed by atoms with E-state index in [0.717, 1.165) is 18.4 Å². The Bertz CT molecular complexity index is 302. The Morgan fingerprint density at radius 3 is 2.44 bits per heavy atom. The Hall–Kier alpha value is -0.990. The standard InChI is InChI=1S/C13H25N3/c1-10(2)8-12(5)15-13-14-6-7-16(13)9-11(3)4/h6-7,10-12H,8-9H2,1-5H3,(H,14,15). The molecule has 0 saturated heterocycles. The molecule has 1 unspecified atom stereocenters. The first-order valence-electron chi connectivity index (χ1n) is 6.26. The Labute approximate surface area is 99.3 Å². The molecule has 92 valence electrons. The molecule has 1 N–H and O–H groups in total. The van der Waals surface area contributed by atoms with Gasteiger partial charge in [0.05, 0.1) is 0 Å². The summed E-state index contributed by atoms with van der Waals surface area (Å²) in [5.41, 5.74) is 0. The van der Waals surface area contributed by atoms with E-state index >= 15 is 0 Å². The molecule has 3 nitrogen and oxygen atoms in total. The SMILES string of the molecule is CC(C)CC(C)Nc1nccn1CC(C)C. The van der Waals surface area contributed by atoms with Gasteiger partial charge < -0.3 is 9.88 Å². The largest absolute Gasteiger partial charge is 0.353 e. The predicted molar refractivity (Wildman–Crippen MR) is 69.6 cm³/mol. The van der Waals surface area contributed by atoms with Gasteiger partial charge in [-0.25, -0.2) is 4.98 Å². The number of nitrogens with zero attached hydrogens (tertiary/aromatic N) is 2. The second-order valence-electron chi connectivity index (χ2n) is 5.47. The highest BCUT2D eigenvalue weighted by Crippen LogP contribution is 2.12. The van der Waals surface area contributed by atoms with Crippen LogP contribution in [0.2, 0.25) is 0 Å². The zero-order chi connectivity index (χ0) is 12.1. The highest BCUT2D eigenvalue weighted by atomic mass is 15.2. The molecule has 1 heterocycles. The minimum atomic E-state index is 0.480. The van der Waals surface area contributed by atoms with E-state index in [9.17, 15) is 0 Å². The minimum Gasteiger partial charge on any atom is -0.353 e. The zero-order valence-corrected chi connectivity index (χ0v) is 11.2. The normalized spacial score (nSPS) is 13.4. The van der Waals surface area contributed by atoms with Gasteiger partial charge in [0.1, 0.15) is 0 Å². The Morgan fingerprint density at radius 1 is 1.19 bits per heavy atom. The number of hydrogen-bond acceptors (Lipinski definition) is 2. The van der Waals surface area contributed by atoms with Gasteiger partial charge in [-0.2, -0.15) is 0 Å². The van der Waals surface area contributed by atoms with Crippen LogP contribution < -0.4 is 5.32 Å². The van der Waals surface area contributed by atoms with Crippen molar-refractivity contribution in [1.82, 2.24) is 9.55 Å². The van der Waals surface area contributed by atoms with Crippen molar-refractivity contribution in [2.24, 2.45) is 11.8 Å². The first-order valence-corrected chi connectivity index (χ1v) is 6.26. The fraction of sp³-hybridized carbons (Fsp3) is 0.769. The van der Waals surface area contributed by atoms with Crippen molar-refractivity contribution in [3.63, 3.8) is 0 Å².